The van der Waals surface area contributed by atoms with E-state index in [0.717, 1.165) is 25.7 Å². The molecule has 0 spiro atoms. The summed E-state index contributed by atoms with van der Waals surface area (Å²) in [7, 11) is 3.08. The number of benzene rings is 2. The van der Waals surface area contributed by atoms with Gasteiger partial charge in [0.25, 0.3) is 5.91 Å². The SMILES string of the molecule is COc1ccc(OC)c(NC(=O)CNc2ccc(Cl)c(C(=O)NC3CCCCC3)c2)c1. The van der Waals surface area contributed by atoms with Crippen molar-refractivity contribution in [3.05, 3.63) is 47.0 Å². The van der Waals surface area contributed by atoms with Crippen LogP contribution >= 0.6 is 11.6 Å². The van der Waals surface area contributed by atoms with E-state index in [1.165, 1.54) is 13.5 Å². The molecular formula is C23H28ClN3O4. The smallest absolute Gasteiger partial charge is 0.253 e. The van der Waals surface area contributed by atoms with E-state index in [1.54, 1.807) is 43.5 Å². The number of hydrogen-bond donors (Lipinski definition) is 3. The minimum atomic E-state index is -0.269. The van der Waals surface area contributed by atoms with E-state index in [2.05, 4.69) is 16.0 Å². The van der Waals surface area contributed by atoms with Gasteiger partial charge in [-0.1, -0.05) is 30.9 Å². The number of amides is 2. The summed E-state index contributed by atoms with van der Waals surface area (Å²) in [6.07, 6.45) is 5.47. The Labute approximate surface area is 187 Å². The topological polar surface area (TPSA) is 88.7 Å². The third-order valence-corrected chi connectivity index (χ3v) is 5.61. The minimum absolute atomic E-state index is 0.00564. The number of methoxy groups -OCH3 is 2. The van der Waals surface area contributed by atoms with Crippen LogP contribution < -0.4 is 25.4 Å². The van der Waals surface area contributed by atoms with Gasteiger partial charge in [-0.25, -0.2) is 0 Å². The lowest BCUT2D eigenvalue weighted by Gasteiger charge is -2.23. The van der Waals surface area contributed by atoms with Gasteiger partial charge in [0.15, 0.2) is 0 Å². The molecule has 2 aromatic carbocycles. The maximum atomic E-state index is 12.7. The van der Waals surface area contributed by atoms with Crippen LogP contribution in [0, 0.1) is 0 Å². The van der Waals surface area contributed by atoms with Crippen LogP contribution in [0.1, 0.15) is 42.5 Å². The molecule has 1 aliphatic carbocycles. The van der Waals surface area contributed by atoms with E-state index in [4.69, 9.17) is 21.1 Å². The molecule has 3 rings (SSSR count). The molecule has 3 N–H and O–H groups in total. The van der Waals surface area contributed by atoms with Crippen molar-refractivity contribution in [3.63, 3.8) is 0 Å². The van der Waals surface area contributed by atoms with Gasteiger partial charge in [0.05, 0.1) is 37.0 Å². The molecule has 0 bridgehead atoms. The first-order chi connectivity index (χ1) is 15.0. The second-order valence-corrected chi connectivity index (χ2v) is 7.88. The summed E-state index contributed by atoms with van der Waals surface area (Å²) >= 11 is 6.25. The van der Waals surface area contributed by atoms with Crippen molar-refractivity contribution in [2.45, 2.75) is 38.1 Å². The van der Waals surface area contributed by atoms with Crippen LogP contribution in [0.15, 0.2) is 36.4 Å². The fourth-order valence-corrected chi connectivity index (χ4v) is 3.81. The Balaban J connectivity index is 1.61. The number of nitrogens with one attached hydrogen (secondary N) is 3. The first-order valence-corrected chi connectivity index (χ1v) is 10.7. The molecule has 2 aromatic rings. The van der Waals surface area contributed by atoms with Crippen molar-refractivity contribution in [1.29, 1.82) is 0 Å². The molecule has 31 heavy (non-hydrogen) atoms. The summed E-state index contributed by atoms with van der Waals surface area (Å²) in [4.78, 5) is 25.1. The first-order valence-electron chi connectivity index (χ1n) is 10.4. The van der Waals surface area contributed by atoms with Gasteiger partial charge in [0.1, 0.15) is 11.5 Å². The van der Waals surface area contributed by atoms with Gasteiger partial charge >= 0.3 is 0 Å². The van der Waals surface area contributed by atoms with Gasteiger partial charge in [-0.15, -0.1) is 0 Å². The van der Waals surface area contributed by atoms with E-state index in [1.807, 2.05) is 0 Å². The highest BCUT2D eigenvalue weighted by Crippen LogP contribution is 2.29. The standard InChI is InChI=1S/C23H28ClN3O4/c1-30-17-9-11-21(31-2)20(13-17)27-22(28)14-25-16-8-10-19(24)18(12-16)23(29)26-15-6-4-3-5-7-15/h8-13,15,25H,3-7,14H2,1-2H3,(H,26,29)(H,27,28). The Morgan fingerprint density at radius 3 is 2.52 bits per heavy atom. The third kappa shape index (κ3) is 6.28. The fraction of sp³-hybridized carbons (Fsp3) is 0.391. The summed E-state index contributed by atoms with van der Waals surface area (Å²) in [5.41, 5.74) is 1.54. The Hall–Kier alpha value is -2.93. The van der Waals surface area contributed by atoms with Crippen LogP contribution in [0.5, 0.6) is 11.5 Å². The summed E-state index contributed by atoms with van der Waals surface area (Å²) in [6, 6.07) is 10.4. The highest BCUT2D eigenvalue weighted by molar-refractivity contribution is 6.34. The van der Waals surface area contributed by atoms with Crippen LogP contribution in [0.25, 0.3) is 0 Å². The number of ether oxygens (including phenoxy) is 2. The lowest BCUT2D eigenvalue weighted by atomic mass is 9.95. The second kappa shape index (κ2) is 10.9. The quantitative estimate of drug-likeness (QED) is 0.557. The van der Waals surface area contributed by atoms with Gasteiger partial charge in [0.2, 0.25) is 5.91 Å². The first kappa shape index (κ1) is 22.7. The zero-order chi connectivity index (χ0) is 22.2. The Morgan fingerprint density at radius 2 is 1.81 bits per heavy atom. The predicted molar refractivity (Wildman–Crippen MR) is 122 cm³/mol. The van der Waals surface area contributed by atoms with Crippen molar-refractivity contribution < 1.29 is 19.1 Å². The van der Waals surface area contributed by atoms with E-state index in [9.17, 15) is 9.59 Å². The normalized spacial score (nSPS) is 13.9. The monoisotopic (exact) mass is 445 g/mol. The molecule has 0 atom stereocenters. The molecule has 1 saturated carbocycles. The average Bonchev–Trinajstić information content (AvgIpc) is 2.79. The maximum Gasteiger partial charge on any atom is 0.253 e. The van der Waals surface area contributed by atoms with Crippen molar-refractivity contribution in [2.24, 2.45) is 0 Å². The fourth-order valence-electron chi connectivity index (χ4n) is 3.61. The van der Waals surface area contributed by atoms with E-state index in [0.29, 0.717) is 33.5 Å². The largest absolute Gasteiger partial charge is 0.497 e. The molecule has 0 saturated heterocycles. The molecular weight excluding hydrogens is 418 g/mol. The summed E-state index contributed by atoms with van der Waals surface area (Å²) in [5, 5.41) is 9.28. The molecule has 0 heterocycles. The van der Waals surface area contributed by atoms with Gasteiger partial charge in [-0.3, -0.25) is 9.59 Å². The molecule has 0 aromatic heterocycles. The predicted octanol–water partition coefficient (Wildman–Crippen LogP) is 4.47. The van der Waals surface area contributed by atoms with Crippen molar-refractivity contribution >= 4 is 34.8 Å². The molecule has 0 radical (unpaired) electrons. The molecule has 0 unspecified atom stereocenters. The molecule has 1 aliphatic rings. The van der Waals surface area contributed by atoms with Gasteiger partial charge in [0, 0.05) is 17.8 Å². The summed E-state index contributed by atoms with van der Waals surface area (Å²) < 4.78 is 10.5. The van der Waals surface area contributed by atoms with Crippen LogP contribution in [-0.4, -0.2) is 38.6 Å². The minimum Gasteiger partial charge on any atom is -0.497 e. The maximum absolute atomic E-state index is 12.7. The molecule has 0 aliphatic heterocycles. The van der Waals surface area contributed by atoms with Crippen molar-refractivity contribution in [1.82, 2.24) is 5.32 Å². The Morgan fingerprint density at radius 1 is 1.03 bits per heavy atom. The highest BCUT2D eigenvalue weighted by atomic mass is 35.5. The molecule has 1 fully saturated rings. The zero-order valence-corrected chi connectivity index (χ0v) is 18.6. The number of anilines is 2. The van der Waals surface area contributed by atoms with Gasteiger partial charge in [-0.05, 0) is 43.2 Å². The lowest BCUT2D eigenvalue weighted by Crippen LogP contribution is -2.36. The van der Waals surface area contributed by atoms with Crippen LogP contribution in [0.2, 0.25) is 5.02 Å². The Kier molecular flexibility index (Phi) is 8.00. The number of rotatable bonds is 8. The summed E-state index contributed by atoms with van der Waals surface area (Å²) in [5.74, 6) is 0.679. The van der Waals surface area contributed by atoms with Gasteiger partial charge < -0.3 is 25.4 Å². The number of hydrogen-bond acceptors (Lipinski definition) is 5. The molecule has 8 heteroatoms. The highest BCUT2D eigenvalue weighted by Gasteiger charge is 2.19. The third-order valence-electron chi connectivity index (χ3n) is 5.29. The number of carbonyl (C=O) groups excluding carboxylic acids is 2. The molecule has 166 valence electrons. The van der Waals surface area contributed by atoms with E-state index in [-0.39, 0.29) is 24.4 Å². The lowest BCUT2D eigenvalue weighted by molar-refractivity contribution is -0.114. The van der Waals surface area contributed by atoms with Crippen LogP contribution in [0.3, 0.4) is 0 Å². The average molecular weight is 446 g/mol. The van der Waals surface area contributed by atoms with Crippen molar-refractivity contribution in [2.75, 3.05) is 31.4 Å². The number of halogens is 1. The van der Waals surface area contributed by atoms with Crippen molar-refractivity contribution in [3.8, 4) is 11.5 Å². The van der Waals surface area contributed by atoms with E-state index >= 15 is 0 Å². The number of carbonyl (C=O) groups is 2. The van der Waals surface area contributed by atoms with Crippen LogP contribution in [-0.2, 0) is 4.79 Å². The summed E-state index contributed by atoms with van der Waals surface area (Å²) in [6.45, 7) is 0.00564. The van der Waals surface area contributed by atoms with Crippen LogP contribution in [0.4, 0.5) is 11.4 Å². The molecule has 7 nitrogen and oxygen atoms in total. The Bertz CT molecular complexity index is 929. The molecule has 2 amide bonds. The van der Waals surface area contributed by atoms with E-state index < -0.39 is 0 Å². The zero-order valence-electron chi connectivity index (χ0n) is 17.8. The second-order valence-electron chi connectivity index (χ2n) is 7.47. The van der Waals surface area contributed by atoms with Gasteiger partial charge in [-0.2, -0.15) is 0 Å².